The third kappa shape index (κ3) is 5.83. The fourth-order valence-corrected chi connectivity index (χ4v) is 1.66. The number of hydrogen-bond donors (Lipinski definition) is 1. The van der Waals surface area contributed by atoms with E-state index < -0.39 is 12.2 Å². The summed E-state index contributed by atoms with van der Waals surface area (Å²) < 4.78 is 36.7. The highest BCUT2D eigenvalue weighted by atomic mass is 35.5. The van der Waals surface area contributed by atoms with E-state index in [1.54, 1.807) is 0 Å². The lowest BCUT2D eigenvalue weighted by Gasteiger charge is -2.19. The molecule has 0 saturated carbocycles. The molecule has 0 aliphatic carbocycles. The van der Waals surface area contributed by atoms with Crippen molar-refractivity contribution in [2.24, 2.45) is 5.73 Å². The lowest BCUT2D eigenvalue weighted by atomic mass is 9.86. The monoisotopic (exact) mass is 295 g/mol. The van der Waals surface area contributed by atoms with Gasteiger partial charge in [-0.15, -0.1) is 12.4 Å². The standard InChI is InChI=1S/C14H20F3N.ClH/c1-13(2,3)11-7-4-10(5-8-11)6-9-12(18)14(15,16)17;/h4-5,7-8,12H,6,9,18H2,1-3H3;1H. The Bertz CT molecular complexity index is 379. The molecule has 0 fully saturated rings. The molecule has 5 heteroatoms. The van der Waals surface area contributed by atoms with E-state index >= 15 is 0 Å². The molecule has 1 atom stereocenters. The van der Waals surface area contributed by atoms with Crippen LogP contribution in [-0.2, 0) is 11.8 Å². The Morgan fingerprint density at radius 2 is 1.53 bits per heavy atom. The van der Waals surface area contributed by atoms with Crippen LogP contribution in [0.5, 0.6) is 0 Å². The zero-order chi connectivity index (χ0) is 14.0. The number of rotatable bonds is 3. The van der Waals surface area contributed by atoms with E-state index in [9.17, 15) is 13.2 Å². The number of alkyl halides is 3. The van der Waals surface area contributed by atoms with Gasteiger partial charge in [-0.25, -0.2) is 0 Å². The second kappa shape index (κ2) is 6.62. The van der Waals surface area contributed by atoms with Gasteiger partial charge >= 0.3 is 6.18 Å². The zero-order valence-electron chi connectivity index (χ0n) is 11.4. The van der Waals surface area contributed by atoms with Crippen LogP contribution in [0.15, 0.2) is 24.3 Å². The molecule has 0 aliphatic heterocycles. The van der Waals surface area contributed by atoms with Gasteiger partial charge in [-0.2, -0.15) is 13.2 Å². The predicted octanol–water partition coefficient (Wildman–Crippen LogP) is 4.23. The van der Waals surface area contributed by atoms with Crippen molar-refractivity contribution in [3.8, 4) is 0 Å². The summed E-state index contributed by atoms with van der Waals surface area (Å²) in [6, 6.07) is 5.95. The molecule has 1 rings (SSSR count). The third-order valence-corrected chi connectivity index (χ3v) is 2.98. The van der Waals surface area contributed by atoms with Gasteiger partial charge in [0.15, 0.2) is 0 Å². The Morgan fingerprint density at radius 1 is 1.05 bits per heavy atom. The molecule has 110 valence electrons. The minimum atomic E-state index is -4.30. The van der Waals surface area contributed by atoms with Crippen molar-refractivity contribution in [2.45, 2.75) is 51.2 Å². The highest BCUT2D eigenvalue weighted by Gasteiger charge is 2.35. The molecule has 0 heterocycles. The predicted molar refractivity (Wildman–Crippen MR) is 74.7 cm³/mol. The van der Waals surface area contributed by atoms with Crippen molar-refractivity contribution < 1.29 is 13.2 Å². The topological polar surface area (TPSA) is 26.0 Å². The highest BCUT2D eigenvalue weighted by molar-refractivity contribution is 5.85. The van der Waals surface area contributed by atoms with Gasteiger partial charge in [0.1, 0.15) is 6.04 Å². The molecule has 0 saturated heterocycles. The van der Waals surface area contributed by atoms with Crippen LogP contribution in [0.1, 0.15) is 38.3 Å². The minimum absolute atomic E-state index is 0. The van der Waals surface area contributed by atoms with Crippen LogP contribution < -0.4 is 5.73 Å². The van der Waals surface area contributed by atoms with Crippen molar-refractivity contribution >= 4 is 12.4 Å². The van der Waals surface area contributed by atoms with Gasteiger partial charge in [0.25, 0.3) is 0 Å². The Labute approximate surface area is 118 Å². The van der Waals surface area contributed by atoms with Gasteiger partial charge in [-0.3, -0.25) is 0 Å². The lowest BCUT2D eigenvalue weighted by Crippen LogP contribution is -2.37. The van der Waals surface area contributed by atoms with E-state index in [0.717, 1.165) is 5.56 Å². The van der Waals surface area contributed by atoms with Crippen molar-refractivity contribution in [1.29, 1.82) is 0 Å². The maximum absolute atomic E-state index is 12.2. The third-order valence-electron chi connectivity index (χ3n) is 2.98. The molecule has 19 heavy (non-hydrogen) atoms. The summed E-state index contributed by atoms with van der Waals surface area (Å²) in [7, 11) is 0. The first-order valence-corrected chi connectivity index (χ1v) is 6.02. The molecule has 0 radical (unpaired) electrons. The van der Waals surface area contributed by atoms with Gasteiger partial charge in [0.05, 0.1) is 0 Å². The molecule has 0 amide bonds. The second-order valence-corrected chi connectivity index (χ2v) is 5.63. The number of nitrogens with two attached hydrogens (primary N) is 1. The average Bonchev–Trinajstić information content (AvgIpc) is 2.24. The summed E-state index contributed by atoms with van der Waals surface area (Å²) >= 11 is 0. The van der Waals surface area contributed by atoms with Crippen molar-refractivity contribution in [3.63, 3.8) is 0 Å². The summed E-state index contributed by atoms with van der Waals surface area (Å²) in [5.74, 6) is 0. The zero-order valence-corrected chi connectivity index (χ0v) is 12.2. The van der Waals surface area contributed by atoms with E-state index in [-0.39, 0.29) is 24.2 Å². The highest BCUT2D eigenvalue weighted by Crippen LogP contribution is 2.24. The van der Waals surface area contributed by atoms with Crippen molar-refractivity contribution in [2.75, 3.05) is 0 Å². The average molecular weight is 296 g/mol. The summed E-state index contributed by atoms with van der Waals surface area (Å²) in [5, 5.41) is 0. The second-order valence-electron chi connectivity index (χ2n) is 5.63. The molecule has 1 aromatic carbocycles. The molecule has 1 aromatic rings. The minimum Gasteiger partial charge on any atom is -0.320 e. The molecular weight excluding hydrogens is 275 g/mol. The van der Waals surface area contributed by atoms with Crippen LogP contribution in [0.3, 0.4) is 0 Å². The smallest absolute Gasteiger partial charge is 0.320 e. The van der Waals surface area contributed by atoms with Crippen LogP contribution in [0.25, 0.3) is 0 Å². The number of benzene rings is 1. The first kappa shape index (κ1) is 18.3. The Kier molecular flexibility index (Phi) is 6.36. The largest absolute Gasteiger partial charge is 0.403 e. The molecule has 1 nitrogen and oxygen atoms in total. The Balaban J connectivity index is 0.00000324. The number of halogens is 4. The van der Waals surface area contributed by atoms with Crippen LogP contribution in [0.2, 0.25) is 0 Å². The van der Waals surface area contributed by atoms with Crippen molar-refractivity contribution in [3.05, 3.63) is 35.4 Å². The van der Waals surface area contributed by atoms with Crippen LogP contribution >= 0.6 is 12.4 Å². The van der Waals surface area contributed by atoms with E-state index in [1.165, 1.54) is 5.56 Å². The van der Waals surface area contributed by atoms with E-state index in [2.05, 4.69) is 20.8 Å². The number of hydrogen-bond acceptors (Lipinski definition) is 1. The van der Waals surface area contributed by atoms with E-state index in [4.69, 9.17) is 5.73 Å². The fraction of sp³-hybridized carbons (Fsp3) is 0.571. The lowest BCUT2D eigenvalue weighted by molar-refractivity contribution is -0.148. The molecule has 0 spiro atoms. The molecular formula is C14H21ClF3N. The van der Waals surface area contributed by atoms with Crippen LogP contribution in [0, 0.1) is 0 Å². The van der Waals surface area contributed by atoms with Crippen LogP contribution in [-0.4, -0.2) is 12.2 Å². The molecule has 0 aliphatic rings. The maximum atomic E-state index is 12.2. The van der Waals surface area contributed by atoms with Gasteiger partial charge in [-0.05, 0) is 29.4 Å². The fourth-order valence-electron chi connectivity index (χ4n) is 1.66. The van der Waals surface area contributed by atoms with Gasteiger partial charge in [0.2, 0.25) is 0 Å². The molecule has 1 unspecified atom stereocenters. The first-order valence-electron chi connectivity index (χ1n) is 6.02. The summed E-state index contributed by atoms with van der Waals surface area (Å²) in [6.45, 7) is 6.30. The Morgan fingerprint density at radius 3 is 1.89 bits per heavy atom. The summed E-state index contributed by atoms with van der Waals surface area (Å²) in [4.78, 5) is 0. The van der Waals surface area contributed by atoms with Gasteiger partial charge in [-0.1, -0.05) is 45.0 Å². The van der Waals surface area contributed by atoms with E-state index in [0.29, 0.717) is 6.42 Å². The molecule has 0 aromatic heterocycles. The summed E-state index contributed by atoms with van der Waals surface area (Å²) in [6.07, 6.45) is -4.02. The Hall–Kier alpha value is -0.740. The molecule has 0 bridgehead atoms. The van der Waals surface area contributed by atoms with Crippen LogP contribution in [0.4, 0.5) is 13.2 Å². The van der Waals surface area contributed by atoms with Gasteiger partial charge < -0.3 is 5.73 Å². The maximum Gasteiger partial charge on any atom is 0.403 e. The van der Waals surface area contributed by atoms with Crippen molar-refractivity contribution in [1.82, 2.24) is 0 Å². The van der Waals surface area contributed by atoms with E-state index in [1.807, 2.05) is 24.3 Å². The SMILES string of the molecule is CC(C)(C)c1ccc(CCC(N)C(F)(F)F)cc1.Cl. The molecule has 2 N–H and O–H groups in total. The first-order chi connectivity index (χ1) is 8.10. The van der Waals surface area contributed by atoms with Gasteiger partial charge in [0, 0.05) is 0 Å². The number of aryl methyl sites for hydroxylation is 1. The normalized spacial score (nSPS) is 13.8. The summed E-state index contributed by atoms with van der Waals surface area (Å²) in [5.41, 5.74) is 7.19. The quantitative estimate of drug-likeness (QED) is 0.887.